The topological polar surface area (TPSA) is 39.2 Å². The Balaban J connectivity index is 1.74. The smallest absolute Gasteiger partial charge is 0.340 e. The fourth-order valence-corrected chi connectivity index (χ4v) is 4.71. The van der Waals surface area contributed by atoms with Crippen molar-refractivity contribution in [2.45, 2.75) is 39.2 Å². The maximum atomic E-state index is 12.9. The van der Waals surface area contributed by atoms with Crippen molar-refractivity contribution in [1.82, 2.24) is 4.98 Å². The van der Waals surface area contributed by atoms with Crippen LogP contribution in [0.5, 0.6) is 0 Å². The summed E-state index contributed by atoms with van der Waals surface area (Å²) in [4.78, 5) is 17.6. The number of esters is 1. The van der Waals surface area contributed by atoms with Crippen LogP contribution < -0.4 is 0 Å². The fourth-order valence-electron chi connectivity index (χ4n) is 4.71. The van der Waals surface area contributed by atoms with Crippen molar-refractivity contribution in [2.24, 2.45) is 0 Å². The minimum absolute atomic E-state index is 0.277. The van der Waals surface area contributed by atoms with Gasteiger partial charge in [0, 0.05) is 22.7 Å². The Bertz CT molecular complexity index is 1400. The van der Waals surface area contributed by atoms with Crippen LogP contribution >= 0.6 is 0 Å². The summed E-state index contributed by atoms with van der Waals surface area (Å²) >= 11 is 0. The Hall–Kier alpha value is -3.72. The monoisotopic (exact) mass is 433 g/mol. The molecule has 3 aromatic carbocycles. The lowest BCUT2D eigenvalue weighted by Crippen LogP contribution is -2.22. The van der Waals surface area contributed by atoms with E-state index in [0.29, 0.717) is 11.5 Å². The molecule has 1 aliphatic heterocycles. The average Bonchev–Trinajstić information content (AvgIpc) is 3.06. The van der Waals surface area contributed by atoms with Crippen LogP contribution in [0.15, 0.2) is 85.1 Å². The van der Waals surface area contributed by atoms with E-state index in [9.17, 15) is 4.79 Å². The third-order valence-corrected chi connectivity index (χ3v) is 6.32. The number of pyridine rings is 1. The fraction of sp³-hybridized carbons (Fsp3) is 0.200. The van der Waals surface area contributed by atoms with Crippen LogP contribution in [0.3, 0.4) is 0 Å². The quantitative estimate of drug-likeness (QED) is 0.318. The first-order valence-electron chi connectivity index (χ1n) is 11.4. The molecule has 0 aliphatic carbocycles. The summed E-state index contributed by atoms with van der Waals surface area (Å²) in [6.45, 7) is 8.33. The minimum atomic E-state index is -0.721. The molecule has 0 bridgehead atoms. The third-order valence-electron chi connectivity index (χ3n) is 6.32. The first kappa shape index (κ1) is 21.1. The van der Waals surface area contributed by atoms with Gasteiger partial charge in [0.05, 0.1) is 11.1 Å². The molecule has 0 saturated heterocycles. The summed E-state index contributed by atoms with van der Waals surface area (Å²) < 4.78 is 5.82. The van der Waals surface area contributed by atoms with Crippen LogP contribution in [-0.4, -0.2) is 16.6 Å². The predicted molar refractivity (Wildman–Crippen MR) is 135 cm³/mol. The van der Waals surface area contributed by atoms with Gasteiger partial charge in [-0.15, -0.1) is 0 Å². The summed E-state index contributed by atoms with van der Waals surface area (Å²) in [5, 5.41) is 1.13. The molecule has 0 spiro atoms. The van der Waals surface area contributed by atoms with Gasteiger partial charge in [0.1, 0.15) is 5.60 Å². The summed E-state index contributed by atoms with van der Waals surface area (Å²) in [5.74, 6) is 0.129. The van der Waals surface area contributed by atoms with Crippen molar-refractivity contribution in [3.63, 3.8) is 0 Å². The van der Waals surface area contributed by atoms with E-state index >= 15 is 0 Å². The van der Waals surface area contributed by atoms with E-state index in [-0.39, 0.29) is 5.97 Å². The number of carbonyl (C=O) groups excluding carboxylic acids is 1. The summed E-state index contributed by atoms with van der Waals surface area (Å²) in [6.07, 6.45) is 1.84. The van der Waals surface area contributed by atoms with Crippen LogP contribution in [0.2, 0.25) is 0 Å². The number of cyclic esters (lactones) is 1. The minimum Gasteiger partial charge on any atom is -0.451 e. The van der Waals surface area contributed by atoms with Crippen LogP contribution in [0.1, 0.15) is 50.3 Å². The molecule has 4 aromatic rings. The van der Waals surface area contributed by atoms with E-state index in [2.05, 4.69) is 56.3 Å². The van der Waals surface area contributed by atoms with E-state index in [0.717, 1.165) is 38.7 Å². The van der Waals surface area contributed by atoms with Crippen LogP contribution in [-0.2, 0) is 9.53 Å². The van der Waals surface area contributed by atoms with Crippen molar-refractivity contribution >= 4 is 28.0 Å². The van der Waals surface area contributed by atoms with Gasteiger partial charge in [-0.2, -0.15) is 0 Å². The van der Waals surface area contributed by atoms with E-state index in [4.69, 9.17) is 9.72 Å². The number of hydrogen-bond donors (Lipinski definition) is 0. The Morgan fingerprint density at radius 2 is 1.55 bits per heavy atom. The first-order valence-corrected chi connectivity index (χ1v) is 11.4. The average molecular weight is 434 g/mol. The number of ether oxygens (including phenoxy) is 1. The maximum Gasteiger partial charge on any atom is 0.340 e. The number of hydrogen-bond acceptors (Lipinski definition) is 3. The molecule has 1 aliphatic rings. The highest BCUT2D eigenvalue weighted by Gasteiger charge is 2.41. The maximum absolute atomic E-state index is 12.9. The summed E-state index contributed by atoms with van der Waals surface area (Å²) in [6, 6.07) is 26.7. The highest BCUT2D eigenvalue weighted by molar-refractivity contribution is 6.28. The zero-order chi connectivity index (χ0) is 23.2. The Labute approximate surface area is 194 Å². The zero-order valence-electron chi connectivity index (χ0n) is 19.4. The van der Waals surface area contributed by atoms with Crippen molar-refractivity contribution in [1.29, 1.82) is 0 Å². The largest absolute Gasteiger partial charge is 0.451 e. The Morgan fingerprint density at radius 3 is 2.30 bits per heavy atom. The predicted octanol–water partition coefficient (Wildman–Crippen LogP) is 7.27. The first-order chi connectivity index (χ1) is 15.8. The van der Waals surface area contributed by atoms with Crippen molar-refractivity contribution in [2.75, 3.05) is 0 Å². The van der Waals surface area contributed by atoms with Crippen LogP contribution in [0.25, 0.3) is 33.2 Å². The van der Waals surface area contributed by atoms with Crippen LogP contribution in [0, 0.1) is 0 Å². The van der Waals surface area contributed by atoms with E-state index in [1.165, 1.54) is 5.56 Å². The molecule has 2 heterocycles. The molecule has 0 saturated carbocycles. The molecule has 0 amide bonds. The van der Waals surface area contributed by atoms with Gasteiger partial charge in [-0.05, 0) is 66.3 Å². The Morgan fingerprint density at radius 1 is 0.818 bits per heavy atom. The van der Waals surface area contributed by atoms with E-state index in [1.807, 2.05) is 56.4 Å². The van der Waals surface area contributed by atoms with Crippen LogP contribution in [0.4, 0.5) is 0 Å². The molecule has 0 N–H and O–H groups in total. The molecule has 1 aromatic heterocycles. The second-order valence-corrected chi connectivity index (χ2v) is 9.39. The van der Waals surface area contributed by atoms with Crippen molar-refractivity contribution in [3.8, 4) is 11.1 Å². The van der Waals surface area contributed by atoms with Crippen molar-refractivity contribution < 1.29 is 9.53 Å². The number of nitrogens with zero attached hydrogens (tertiary/aromatic N) is 1. The zero-order valence-corrected chi connectivity index (χ0v) is 19.4. The molecule has 0 unspecified atom stereocenters. The van der Waals surface area contributed by atoms with Gasteiger partial charge >= 0.3 is 5.97 Å². The number of rotatable bonds is 4. The number of carbonyl (C=O) groups is 1. The van der Waals surface area contributed by atoms with E-state index < -0.39 is 5.60 Å². The molecule has 0 fully saturated rings. The van der Waals surface area contributed by atoms with Gasteiger partial charge in [0.2, 0.25) is 0 Å². The van der Waals surface area contributed by atoms with E-state index in [1.54, 1.807) is 0 Å². The molecule has 164 valence electrons. The normalized spacial score (nSPS) is 15.4. The lowest BCUT2D eigenvalue weighted by atomic mass is 9.85. The number of benzene rings is 3. The Kier molecular flexibility index (Phi) is 5.13. The molecule has 5 rings (SSSR count). The molecule has 33 heavy (non-hydrogen) atoms. The molecule has 0 radical (unpaired) electrons. The molecule has 0 atom stereocenters. The molecular formula is C30H27NO2. The van der Waals surface area contributed by atoms with Crippen molar-refractivity contribution in [3.05, 3.63) is 102 Å². The van der Waals surface area contributed by atoms with Gasteiger partial charge in [-0.25, -0.2) is 4.79 Å². The standard InChI is InChI=1S/C30H27NO2/c1-19(2)24-17-23-14-9-15-31-28(23)25(18-24)21-12-8-13-22(16-21)27-26(20-10-6-5-7-11-20)29(32)33-30(27,3)4/h5-19H,1-4H3. The summed E-state index contributed by atoms with van der Waals surface area (Å²) in [7, 11) is 0. The molecular weight excluding hydrogens is 406 g/mol. The third kappa shape index (κ3) is 3.74. The number of fused-ring (bicyclic) bond motifs is 1. The second kappa shape index (κ2) is 8.00. The molecule has 3 nitrogen and oxygen atoms in total. The highest BCUT2D eigenvalue weighted by Crippen LogP contribution is 2.44. The summed E-state index contributed by atoms with van der Waals surface area (Å²) in [5.41, 5.74) is 7.13. The van der Waals surface area contributed by atoms with Gasteiger partial charge in [0.15, 0.2) is 0 Å². The SMILES string of the molecule is CC(C)c1cc(-c2cccc(C3=C(c4ccccc4)C(=O)OC3(C)C)c2)c2ncccc2c1. The second-order valence-electron chi connectivity index (χ2n) is 9.39. The van der Waals surface area contributed by atoms with Gasteiger partial charge < -0.3 is 4.74 Å². The lowest BCUT2D eigenvalue weighted by Gasteiger charge is -2.22. The molecule has 3 heteroatoms. The number of aromatic nitrogens is 1. The lowest BCUT2D eigenvalue weighted by molar-refractivity contribution is -0.141. The van der Waals surface area contributed by atoms with Gasteiger partial charge in [-0.3, -0.25) is 4.98 Å². The van der Waals surface area contributed by atoms with Gasteiger partial charge in [-0.1, -0.05) is 68.4 Å². The van der Waals surface area contributed by atoms with Gasteiger partial charge in [0.25, 0.3) is 0 Å². The highest BCUT2D eigenvalue weighted by atomic mass is 16.6.